The molecule has 108 valence electrons. The lowest BCUT2D eigenvalue weighted by molar-refractivity contribution is 0.102. The standard InChI is InChI=1S/C13H11ClN4O3/c14-7-1-2-8(12(15)18-21)10(5-7)17-13(20)9-6-16-4-3-11(9)19/h1-6,21H,(H2,15,18)(H,16,19)(H,17,20). The Morgan fingerprint density at radius 2 is 2.10 bits per heavy atom. The number of oxime groups is 1. The predicted octanol–water partition coefficient (Wildman–Crippen LogP) is 1.38. The Morgan fingerprint density at radius 3 is 2.76 bits per heavy atom. The van der Waals surface area contributed by atoms with E-state index in [-0.39, 0.29) is 22.6 Å². The molecule has 0 radical (unpaired) electrons. The van der Waals surface area contributed by atoms with Crippen molar-refractivity contribution in [1.29, 1.82) is 0 Å². The molecule has 0 aliphatic heterocycles. The zero-order chi connectivity index (χ0) is 15.4. The summed E-state index contributed by atoms with van der Waals surface area (Å²) in [6.45, 7) is 0. The second-order valence-corrected chi connectivity index (χ2v) is 4.49. The molecular weight excluding hydrogens is 296 g/mol. The maximum atomic E-state index is 12.1. The third-order valence-electron chi connectivity index (χ3n) is 2.68. The lowest BCUT2D eigenvalue weighted by Crippen LogP contribution is -2.23. The number of amidine groups is 1. The fourth-order valence-electron chi connectivity index (χ4n) is 1.68. The summed E-state index contributed by atoms with van der Waals surface area (Å²) in [6.07, 6.45) is 2.70. The molecule has 5 N–H and O–H groups in total. The number of aromatic nitrogens is 1. The molecule has 0 bridgehead atoms. The van der Waals surface area contributed by atoms with Gasteiger partial charge in [-0.25, -0.2) is 0 Å². The zero-order valence-corrected chi connectivity index (χ0v) is 11.4. The number of carbonyl (C=O) groups excluding carboxylic acids is 1. The van der Waals surface area contributed by atoms with Crippen LogP contribution in [0.1, 0.15) is 15.9 Å². The molecule has 0 saturated carbocycles. The van der Waals surface area contributed by atoms with E-state index in [0.29, 0.717) is 5.02 Å². The smallest absolute Gasteiger partial charge is 0.261 e. The highest BCUT2D eigenvalue weighted by Gasteiger charge is 2.14. The summed E-state index contributed by atoms with van der Waals surface area (Å²) in [5, 5.41) is 14.5. The van der Waals surface area contributed by atoms with Crippen LogP contribution >= 0.6 is 11.6 Å². The molecule has 8 heteroatoms. The minimum atomic E-state index is -0.633. The zero-order valence-electron chi connectivity index (χ0n) is 10.6. The van der Waals surface area contributed by atoms with Gasteiger partial charge in [-0.05, 0) is 18.2 Å². The van der Waals surface area contributed by atoms with Gasteiger partial charge in [0, 0.05) is 29.0 Å². The van der Waals surface area contributed by atoms with Crippen LogP contribution in [0.3, 0.4) is 0 Å². The molecule has 0 saturated heterocycles. The van der Waals surface area contributed by atoms with Gasteiger partial charge in [0.15, 0.2) is 11.3 Å². The minimum absolute atomic E-state index is 0.0667. The largest absolute Gasteiger partial charge is 0.409 e. The van der Waals surface area contributed by atoms with Crippen LogP contribution in [0.4, 0.5) is 5.69 Å². The molecule has 1 aromatic carbocycles. The van der Waals surface area contributed by atoms with Gasteiger partial charge in [0.2, 0.25) is 0 Å². The van der Waals surface area contributed by atoms with E-state index in [0.717, 1.165) is 0 Å². The van der Waals surface area contributed by atoms with E-state index in [1.807, 2.05) is 0 Å². The van der Waals surface area contributed by atoms with Gasteiger partial charge in [-0.2, -0.15) is 0 Å². The first kappa shape index (κ1) is 14.6. The molecule has 1 heterocycles. The lowest BCUT2D eigenvalue weighted by Gasteiger charge is -2.10. The number of amides is 1. The van der Waals surface area contributed by atoms with Crippen molar-refractivity contribution in [1.82, 2.24) is 4.98 Å². The second-order valence-electron chi connectivity index (χ2n) is 4.05. The third-order valence-corrected chi connectivity index (χ3v) is 2.92. The first-order valence-corrected chi connectivity index (χ1v) is 6.16. The monoisotopic (exact) mass is 306 g/mol. The fourth-order valence-corrected chi connectivity index (χ4v) is 1.85. The number of anilines is 1. The van der Waals surface area contributed by atoms with Gasteiger partial charge in [0.1, 0.15) is 5.56 Å². The number of nitrogens with one attached hydrogen (secondary N) is 2. The average molecular weight is 307 g/mol. The van der Waals surface area contributed by atoms with Crippen LogP contribution in [0.5, 0.6) is 0 Å². The Labute approximate surface area is 124 Å². The number of carbonyl (C=O) groups is 1. The van der Waals surface area contributed by atoms with E-state index in [2.05, 4.69) is 15.5 Å². The molecule has 2 rings (SSSR count). The van der Waals surface area contributed by atoms with Crippen molar-refractivity contribution in [2.24, 2.45) is 10.9 Å². The molecule has 0 atom stereocenters. The number of pyridine rings is 1. The summed E-state index contributed by atoms with van der Waals surface area (Å²) < 4.78 is 0. The number of hydrogen-bond donors (Lipinski definition) is 4. The molecule has 0 unspecified atom stereocenters. The fraction of sp³-hybridized carbons (Fsp3) is 0. The molecule has 7 nitrogen and oxygen atoms in total. The maximum absolute atomic E-state index is 12.1. The molecule has 0 aliphatic carbocycles. The number of hydrogen-bond acceptors (Lipinski definition) is 4. The van der Waals surface area contributed by atoms with Crippen molar-refractivity contribution >= 4 is 29.0 Å². The van der Waals surface area contributed by atoms with Crippen LogP contribution in [0.15, 0.2) is 46.6 Å². The SMILES string of the molecule is N/C(=N/O)c1ccc(Cl)cc1NC(=O)c1c[nH]ccc1=O. The van der Waals surface area contributed by atoms with E-state index < -0.39 is 11.3 Å². The Morgan fingerprint density at radius 1 is 1.33 bits per heavy atom. The van der Waals surface area contributed by atoms with Crippen LogP contribution < -0.4 is 16.5 Å². The molecule has 21 heavy (non-hydrogen) atoms. The molecule has 0 fully saturated rings. The summed E-state index contributed by atoms with van der Waals surface area (Å²) in [6, 6.07) is 5.68. The van der Waals surface area contributed by atoms with Crippen LogP contribution in [-0.2, 0) is 0 Å². The normalized spacial score (nSPS) is 11.2. The van der Waals surface area contributed by atoms with Crippen LogP contribution in [0, 0.1) is 0 Å². The highest BCUT2D eigenvalue weighted by atomic mass is 35.5. The molecule has 1 amide bonds. The van der Waals surface area contributed by atoms with Crippen molar-refractivity contribution in [3.63, 3.8) is 0 Å². The van der Waals surface area contributed by atoms with Crippen molar-refractivity contribution in [2.45, 2.75) is 0 Å². The summed E-state index contributed by atoms with van der Waals surface area (Å²) in [7, 11) is 0. The number of benzene rings is 1. The maximum Gasteiger partial charge on any atom is 0.261 e. The topological polar surface area (TPSA) is 121 Å². The number of nitrogens with zero attached hydrogens (tertiary/aromatic N) is 1. The molecular formula is C13H11ClN4O3. The summed E-state index contributed by atoms with van der Waals surface area (Å²) in [4.78, 5) is 26.3. The molecule has 2 aromatic rings. The Bertz CT molecular complexity index is 770. The van der Waals surface area contributed by atoms with E-state index in [1.54, 1.807) is 0 Å². The average Bonchev–Trinajstić information content (AvgIpc) is 2.47. The van der Waals surface area contributed by atoms with Gasteiger partial charge in [-0.1, -0.05) is 16.8 Å². The number of halogens is 1. The lowest BCUT2D eigenvalue weighted by atomic mass is 10.1. The summed E-state index contributed by atoms with van der Waals surface area (Å²) in [5.74, 6) is -0.824. The Hall–Kier alpha value is -2.80. The van der Waals surface area contributed by atoms with Gasteiger partial charge in [0.05, 0.1) is 5.69 Å². The highest BCUT2D eigenvalue weighted by Crippen LogP contribution is 2.21. The third kappa shape index (κ3) is 3.21. The van der Waals surface area contributed by atoms with Crippen molar-refractivity contribution in [2.75, 3.05) is 5.32 Å². The molecule has 1 aromatic heterocycles. The van der Waals surface area contributed by atoms with E-state index >= 15 is 0 Å². The summed E-state index contributed by atoms with van der Waals surface area (Å²) in [5.41, 5.74) is 5.54. The first-order chi connectivity index (χ1) is 10.0. The molecule has 0 spiro atoms. The minimum Gasteiger partial charge on any atom is -0.409 e. The van der Waals surface area contributed by atoms with Gasteiger partial charge in [-0.3, -0.25) is 9.59 Å². The van der Waals surface area contributed by atoms with Crippen molar-refractivity contribution in [3.05, 3.63) is 63.0 Å². The van der Waals surface area contributed by atoms with Crippen molar-refractivity contribution in [3.8, 4) is 0 Å². The van der Waals surface area contributed by atoms with Gasteiger partial charge < -0.3 is 21.2 Å². The van der Waals surface area contributed by atoms with Gasteiger partial charge in [-0.15, -0.1) is 0 Å². The predicted molar refractivity (Wildman–Crippen MR) is 79.0 cm³/mol. The second kappa shape index (κ2) is 6.10. The Balaban J connectivity index is 2.40. The first-order valence-electron chi connectivity index (χ1n) is 5.79. The van der Waals surface area contributed by atoms with Gasteiger partial charge >= 0.3 is 0 Å². The highest BCUT2D eigenvalue weighted by molar-refractivity contribution is 6.31. The van der Waals surface area contributed by atoms with Crippen LogP contribution in [0.25, 0.3) is 0 Å². The van der Waals surface area contributed by atoms with E-state index in [4.69, 9.17) is 22.5 Å². The number of H-pyrrole nitrogens is 1. The van der Waals surface area contributed by atoms with E-state index in [9.17, 15) is 9.59 Å². The Kier molecular flexibility index (Phi) is 4.24. The molecule has 0 aliphatic rings. The van der Waals surface area contributed by atoms with Crippen LogP contribution in [0.2, 0.25) is 5.02 Å². The number of aromatic amines is 1. The number of rotatable bonds is 3. The number of nitrogens with two attached hydrogens (primary N) is 1. The van der Waals surface area contributed by atoms with Gasteiger partial charge in [0.25, 0.3) is 5.91 Å². The quantitative estimate of drug-likeness (QED) is 0.296. The van der Waals surface area contributed by atoms with E-state index in [1.165, 1.54) is 36.7 Å². The van der Waals surface area contributed by atoms with Crippen LogP contribution in [-0.4, -0.2) is 21.9 Å². The summed E-state index contributed by atoms with van der Waals surface area (Å²) >= 11 is 5.86. The van der Waals surface area contributed by atoms with Crippen molar-refractivity contribution < 1.29 is 10.0 Å².